The minimum Gasteiger partial charge on any atom is -0.325 e. The van der Waals surface area contributed by atoms with Crippen molar-refractivity contribution in [2.75, 3.05) is 11.1 Å². The van der Waals surface area contributed by atoms with Crippen molar-refractivity contribution in [1.29, 1.82) is 0 Å². The number of aromatic nitrogens is 1. The highest BCUT2D eigenvalue weighted by molar-refractivity contribution is 9.10. The van der Waals surface area contributed by atoms with E-state index in [0.29, 0.717) is 5.75 Å². The Hall–Kier alpha value is -1.33. The Kier molecular flexibility index (Phi) is 5.20. The first-order valence-electron chi connectivity index (χ1n) is 6.16. The van der Waals surface area contributed by atoms with E-state index >= 15 is 0 Å². The van der Waals surface area contributed by atoms with Crippen LogP contribution < -0.4 is 5.32 Å². The van der Waals surface area contributed by atoms with Crippen LogP contribution in [0.5, 0.6) is 0 Å². The molecular formula is C15H15BrN2OS. The fraction of sp³-hybridized carbons (Fsp3) is 0.200. The summed E-state index contributed by atoms with van der Waals surface area (Å²) < 4.78 is 1.05. The maximum Gasteiger partial charge on any atom is 0.234 e. The van der Waals surface area contributed by atoms with Crippen molar-refractivity contribution in [2.24, 2.45) is 0 Å². The molecule has 0 aliphatic rings. The largest absolute Gasteiger partial charge is 0.325 e. The molecule has 20 heavy (non-hydrogen) atoms. The molecule has 0 fully saturated rings. The summed E-state index contributed by atoms with van der Waals surface area (Å²) >= 11 is 4.97. The van der Waals surface area contributed by atoms with E-state index in [2.05, 4.69) is 26.2 Å². The molecule has 0 aliphatic carbocycles. The molecule has 104 valence electrons. The van der Waals surface area contributed by atoms with E-state index in [1.165, 1.54) is 11.8 Å². The lowest BCUT2D eigenvalue weighted by molar-refractivity contribution is -0.113. The summed E-state index contributed by atoms with van der Waals surface area (Å²) in [5.41, 5.74) is 2.84. The van der Waals surface area contributed by atoms with Crippen LogP contribution in [0.4, 0.5) is 5.69 Å². The minimum absolute atomic E-state index is 0.0112. The van der Waals surface area contributed by atoms with Crippen LogP contribution in [0.15, 0.2) is 45.9 Å². The number of anilines is 1. The molecular weight excluding hydrogens is 336 g/mol. The average molecular weight is 351 g/mol. The molecule has 0 atom stereocenters. The van der Waals surface area contributed by atoms with Crippen molar-refractivity contribution in [2.45, 2.75) is 18.7 Å². The van der Waals surface area contributed by atoms with Gasteiger partial charge in [0.1, 0.15) is 0 Å². The normalized spacial score (nSPS) is 10.3. The molecule has 1 N–H and O–H groups in total. The first-order chi connectivity index (χ1) is 9.54. The highest BCUT2D eigenvalue weighted by atomic mass is 79.9. The van der Waals surface area contributed by atoms with Gasteiger partial charge in [-0.25, -0.2) is 0 Å². The Morgan fingerprint density at radius 3 is 2.80 bits per heavy atom. The monoisotopic (exact) mass is 350 g/mol. The zero-order valence-corrected chi connectivity index (χ0v) is 13.7. The van der Waals surface area contributed by atoms with Gasteiger partial charge in [0.25, 0.3) is 0 Å². The lowest BCUT2D eigenvalue weighted by Crippen LogP contribution is -2.14. The van der Waals surface area contributed by atoms with Gasteiger partial charge >= 0.3 is 0 Å². The smallest absolute Gasteiger partial charge is 0.234 e. The second kappa shape index (κ2) is 6.90. The number of nitrogens with zero attached hydrogens (tertiary/aromatic N) is 1. The van der Waals surface area contributed by atoms with E-state index in [0.717, 1.165) is 26.3 Å². The summed E-state index contributed by atoms with van der Waals surface area (Å²) in [6, 6.07) is 9.70. The first-order valence-corrected chi connectivity index (χ1v) is 7.94. The van der Waals surface area contributed by atoms with Crippen molar-refractivity contribution in [3.05, 3.63) is 52.3 Å². The zero-order valence-electron chi connectivity index (χ0n) is 11.3. The van der Waals surface area contributed by atoms with Crippen LogP contribution in [-0.2, 0) is 4.79 Å². The summed E-state index contributed by atoms with van der Waals surface area (Å²) in [4.78, 5) is 17.1. The number of amides is 1. The van der Waals surface area contributed by atoms with Gasteiger partial charge in [0.2, 0.25) is 5.91 Å². The number of aryl methyl sites for hydroxylation is 2. The van der Waals surface area contributed by atoms with Crippen LogP contribution in [0.2, 0.25) is 0 Å². The predicted octanol–water partition coefficient (Wildman–Crippen LogP) is 4.19. The Morgan fingerprint density at radius 1 is 1.30 bits per heavy atom. The Labute approximate surface area is 131 Å². The molecule has 5 heteroatoms. The molecule has 1 heterocycles. The maximum atomic E-state index is 11.9. The predicted molar refractivity (Wildman–Crippen MR) is 87.2 cm³/mol. The molecule has 0 saturated heterocycles. The van der Waals surface area contributed by atoms with Gasteiger partial charge in [0.05, 0.1) is 5.75 Å². The van der Waals surface area contributed by atoms with E-state index in [1.807, 2.05) is 38.1 Å². The number of halogens is 1. The van der Waals surface area contributed by atoms with Crippen molar-refractivity contribution in [3.8, 4) is 0 Å². The van der Waals surface area contributed by atoms with Crippen molar-refractivity contribution in [1.82, 2.24) is 4.98 Å². The molecule has 0 bridgehead atoms. The van der Waals surface area contributed by atoms with Gasteiger partial charge in [-0.1, -0.05) is 15.9 Å². The van der Waals surface area contributed by atoms with Gasteiger partial charge in [0, 0.05) is 26.9 Å². The van der Waals surface area contributed by atoms with Gasteiger partial charge in [-0.05, 0) is 49.7 Å². The van der Waals surface area contributed by atoms with Gasteiger partial charge in [0.15, 0.2) is 0 Å². The van der Waals surface area contributed by atoms with E-state index in [1.54, 1.807) is 12.3 Å². The summed E-state index contributed by atoms with van der Waals surface area (Å²) in [6.45, 7) is 3.94. The molecule has 1 aromatic heterocycles. The fourth-order valence-corrected chi connectivity index (χ4v) is 3.02. The third kappa shape index (κ3) is 4.35. The molecule has 3 nitrogen and oxygen atoms in total. The number of pyridine rings is 1. The number of hydrogen-bond acceptors (Lipinski definition) is 3. The number of nitrogens with one attached hydrogen (secondary N) is 1. The average Bonchev–Trinajstić information content (AvgIpc) is 2.37. The molecule has 2 rings (SSSR count). The SMILES string of the molecule is Cc1cc(NC(=O)CSc2ccc(Br)cc2C)ccn1. The first kappa shape index (κ1) is 15.1. The quantitative estimate of drug-likeness (QED) is 0.840. The topological polar surface area (TPSA) is 42.0 Å². The van der Waals surface area contributed by atoms with Crippen LogP contribution in [0.25, 0.3) is 0 Å². The van der Waals surface area contributed by atoms with Crippen molar-refractivity contribution < 1.29 is 4.79 Å². The maximum absolute atomic E-state index is 11.9. The Balaban J connectivity index is 1.92. The van der Waals surface area contributed by atoms with Crippen LogP contribution in [0.3, 0.4) is 0 Å². The molecule has 1 aromatic carbocycles. The molecule has 1 amide bonds. The fourth-order valence-electron chi connectivity index (χ4n) is 1.74. The van der Waals surface area contributed by atoms with E-state index < -0.39 is 0 Å². The number of carbonyl (C=O) groups excluding carboxylic acids is 1. The summed E-state index contributed by atoms with van der Waals surface area (Å²) in [6.07, 6.45) is 1.69. The summed E-state index contributed by atoms with van der Waals surface area (Å²) in [5, 5.41) is 2.87. The zero-order chi connectivity index (χ0) is 14.5. The van der Waals surface area contributed by atoms with Crippen LogP contribution in [-0.4, -0.2) is 16.6 Å². The molecule has 2 aromatic rings. The molecule has 0 spiro atoms. The van der Waals surface area contributed by atoms with Crippen LogP contribution in [0, 0.1) is 13.8 Å². The van der Waals surface area contributed by atoms with Crippen LogP contribution in [0.1, 0.15) is 11.3 Å². The Morgan fingerprint density at radius 2 is 2.10 bits per heavy atom. The highest BCUT2D eigenvalue weighted by Gasteiger charge is 2.06. The highest BCUT2D eigenvalue weighted by Crippen LogP contribution is 2.25. The Bertz CT molecular complexity index is 631. The lowest BCUT2D eigenvalue weighted by Gasteiger charge is -2.07. The van der Waals surface area contributed by atoms with Gasteiger partial charge < -0.3 is 5.32 Å². The van der Waals surface area contributed by atoms with Crippen molar-refractivity contribution in [3.63, 3.8) is 0 Å². The third-order valence-corrected chi connectivity index (χ3v) is 4.34. The van der Waals surface area contributed by atoms with E-state index in [4.69, 9.17) is 0 Å². The number of hydrogen-bond donors (Lipinski definition) is 1. The second-order valence-corrected chi connectivity index (χ2v) is 6.37. The molecule has 0 radical (unpaired) electrons. The lowest BCUT2D eigenvalue weighted by atomic mass is 10.2. The minimum atomic E-state index is -0.0112. The summed E-state index contributed by atoms with van der Waals surface area (Å²) in [5.74, 6) is 0.382. The number of benzene rings is 1. The van der Waals surface area contributed by atoms with Crippen molar-refractivity contribution >= 4 is 39.3 Å². The molecule has 0 aliphatic heterocycles. The number of thioether (sulfide) groups is 1. The standard InChI is InChI=1S/C15H15BrN2OS/c1-10-7-12(16)3-4-14(10)20-9-15(19)18-13-5-6-17-11(2)8-13/h3-8H,9H2,1-2H3,(H,17,18,19). The second-order valence-electron chi connectivity index (χ2n) is 4.43. The van der Waals surface area contributed by atoms with Crippen LogP contribution >= 0.6 is 27.7 Å². The third-order valence-electron chi connectivity index (χ3n) is 2.68. The molecule has 0 saturated carbocycles. The van der Waals surface area contributed by atoms with Gasteiger partial charge in [-0.3, -0.25) is 9.78 Å². The number of carbonyl (C=O) groups is 1. The van der Waals surface area contributed by atoms with Gasteiger partial charge in [-0.15, -0.1) is 11.8 Å². The molecule has 0 unspecified atom stereocenters. The van der Waals surface area contributed by atoms with Gasteiger partial charge in [-0.2, -0.15) is 0 Å². The van der Waals surface area contributed by atoms with E-state index in [9.17, 15) is 4.79 Å². The number of rotatable bonds is 4. The summed E-state index contributed by atoms with van der Waals surface area (Å²) in [7, 11) is 0. The van der Waals surface area contributed by atoms with E-state index in [-0.39, 0.29) is 5.91 Å².